The summed E-state index contributed by atoms with van der Waals surface area (Å²) in [5, 5.41) is 5.53. The van der Waals surface area contributed by atoms with Crippen molar-refractivity contribution in [3.05, 3.63) is 23.1 Å². The number of aromatic nitrogens is 2. The van der Waals surface area contributed by atoms with Gasteiger partial charge in [0.05, 0.1) is 5.69 Å². The van der Waals surface area contributed by atoms with Gasteiger partial charge in [0.15, 0.2) is 0 Å². The zero-order chi connectivity index (χ0) is 9.54. The van der Waals surface area contributed by atoms with Crippen molar-refractivity contribution < 1.29 is 0 Å². The highest BCUT2D eigenvalue weighted by Crippen LogP contribution is 2.28. The van der Waals surface area contributed by atoms with E-state index >= 15 is 0 Å². The summed E-state index contributed by atoms with van der Waals surface area (Å²) in [5.41, 5.74) is 1.29. The predicted octanol–water partition coefficient (Wildman–Crippen LogP) is 1.78. The van der Waals surface area contributed by atoms with Crippen molar-refractivity contribution in [2.45, 2.75) is 19.3 Å². The standard InChI is InChI=1S/C10H13N3S/c1-7-12-9(8-2-3-11-6-8)10-13(7)4-5-14-10/h4-5,8,11H,2-3,6H2,1H3/t8-/m1/s1. The number of nitrogens with zero attached hydrogens (tertiary/aromatic N) is 2. The van der Waals surface area contributed by atoms with Crippen molar-refractivity contribution in [1.82, 2.24) is 14.7 Å². The van der Waals surface area contributed by atoms with E-state index in [2.05, 4.69) is 33.2 Å². The lowest BCUT2D eigenvalue weighted by Crippen LogP contribution is -2.08. The minimum absolute atomic E-state index is 0.623. The fraction of sp³-hybridized carbons (Fsp3) is 0.500. The molecule has 3 rings (SSSR count). The van der Waals surface area contributed by atoms with Crippen LogP contribution in [0, 0.1) is 6.92 Å². The molecule has 74 valence electrons. The average molecular weight is 207 g/mol. The fourth-order valence-corrected chi connectivity index (χ4v) is 3.10. The molecule has 1 atom stereocenters. The number of nitrogens with one attached hydrogen (secondary N) is 1. The van der Waals surface area contributed by atoms with Crippen molar-refractivity contribution in [3.63, 3.8) is 0 Å². The third-order valence-electron chi connectivity index (χ3n) is 2.91. The van der Waals surface area contributed by atoms with E-state index in [9.17, 15) is 0 Å². The molecule has 1 aliphatic heterocycles. The van der Waals surface area contributed by atoms with Gasteiger partial charge in [0.1, 0.15) is 10.7 Å². The smallest absolute Gasteiger partial charge is 0.123 e. The molecule has 0 spiro atoms. The van der Waals surface area contributed by atoms with Crippen LogP contribution in [0.25, 0.3) is 4.83 Å². The maximum absolute atomic E-state index is 4.67. The van der Waals surface area contributed by atoms with Crippen LogP contribution in [0.15, 0.2) is 11.6 Å². The summed E-state index contributed by atoms with van der Waals surface area (Å²) in [6, 6.07) is 0. The van der Waals surface area contributed by atoms with Gasteiger partial charge in [-0.1, -0.05) is 0 Å². The van der Waals surface area contributed by atoms with Gasteiger partial charge >= 0.3 is 0 Å². The summed E-state index contributed by atoms with van der Waals surface area (Å²) >= 11 is 1.79. The van der Waals surface area contributed by atoms with E-state index in [4.69, 9.17) is 0 Å². The van der Waals surface area contributed by atoms with E-state index in [0.29, 0.717) is 5.92 Å². The fourth-order valence-electron chi connectivity index (χ4n) is 2.15. The molecule has 1 fully saturated rings. The third-order valence-corrected chi connectivity index (χ3v) is 3.79. The molecule has 0 amide bonds. The molecule has 3 nitrogen and oxygen atoms in total. The second-order valence-corrected chi connectivity index (χ2v) is 4.71. The number of imidazole rings is 1. The Morgan fingerprint density at radius 3 is 3.36 bits per heavy atom. The zero-order valence-electron chi connectivity index (χ0n) is 8.16. The van der Waals surface area contributed by atoms with Crippen LogP contribution in [0.1, 0.15) is 23.9 Å². The summed E-state index contributed by atoms with van der Waals surface area (Å²) in [6.45, 7) is 4.30. The van der Waals surface area contributed by atoms with Gasteiger partial charge < -0.3 is 5.32 Å². The lowest BCUT2D eigenvalue weighted by Gasteiger charge is -2.02. The summed E-state index contributed by atoms with van der Waals surface area (Å²) in [6.07, 6.45) is 3.33. The quantitative estimate of drug-likeness (QED) is 0.772. The summed E-state index contributed by atoms with van der Waals surface area (Å²) in [4.78, 5) is 5.99. The van der Waals surface area contributed by atoms with Crippen LogP contribution >= 0.6 is 11.3 Å². The van der Waals surface area contributed by atoms with E-state index in [-0.39, 0.29) is 0 Å². The van der Waals surface area contributed by atoms with Crippen LogP contribution in [0.4, 0.5) is 0 Å². The van der Waals surface area contributed by atoms with Crippen LogP contribution < -0.4 is 5.32 Å². The summed E-state index contributed by atoms with van der Waals surface area (Å²) in [7, 11) is 0. The molecule has 0 radical (unpaired) electrons. The van der Waals surface area contributed by atoms with Gasteiger partial charge in [-0.2, -0.15) is 0 Å². The number of rotatable bonds is 1. The van der Waals surface area contributed by atoms with Gasteiger partial charge in [0, 0.05) is 24.0 Å². The SMILES string of the molecule is Cc1nc([C@@H]2CCNC2)c2sccn12. The Labute approximate surface area is 86.8 Å². The van der Waals surface area contributed by atoms with Crippen LogP contribution in [-0.2, 0) is 0 Å². The normalized spacial score (nSPS) is 22.2. The predicted molar refractivity (Wildman–Crippen MR) is 58.0 cm³/mol. The maximum Gasteiger partial charge on any atom is 0.123 e. The second-order valence-electron chi connectivity index (χ2n) is 3.81. The van der Waals surface area contributed by atoms with Crippen LogP contribution in [0.2, 0.25) is 0 Å². The molecule has 1 aliphatic rings. The van der Waals surface area contributed by atoms with Gasteiger partial charge in [-0.25, -0.2) is 4.98 Å². The first kappa shape index (κ1) is 8.44. The van der Waals surface area contributed by atoms with Crippen LogP contribution in [0.3, 0.4) is 0 Å². The molecular weight excluding hydrogens is 194 g/mol. The molecule has 3 heterocycles. The molecule has 2 aromatic heterocycles. The molecule has 1 N–H and O–H groups in total. The minimum Gasteiger partial charge on any atom is -0.316 e. The van der Waals surface area contributed by atoms with E-state index in [0.717, 1.165) is 18.9 Å². The van der Waals surface area contributed by atoms with Gasteiger partial charge in [0.2, 0.25) is 0 Å². The average Bonchev–Trinajstić information content (AvgIpc) is 2.84. The number of hydrogen-bond donors (Lipinski definition) is 1. The highest BCUT2D eigenvalue weighted by molar-refractivity contribution is 7.15. The van der Waals surface area contributed by atoms with Crippen LogP contribution in [0.5, 0.6) is 0 Å². The topological polar surface area (TPSA) is 29.3 Å². The highest BCUT2D eigenvalue weighted by atomic mass is 32.1. The molecule has 14 heavy (non-hydrogen) atoms. The molecule has 0 unspecified atom stereocenters. The monoisotopic (exact) mass is 207 g/mol. The first-order chi connectivity index (χ1) is 6.86. The van der Waals surface area contributed by atoms with E-state index in [1.165, 1.54) is 16.9 Å². The summed E-state index contributed by atoms with van der Waals surface area (Å²) in [5.74, 6) is 1.74. The van der Waals surface area contributed by atoms with Crippen molar-refractivity contribution in [2.75, 3.05) is 13.1 Å². The molecule has 0 aromatic carbocycles. The maximum atomic E-state index is 4.67. The van der Waals surface area contributed by atoms with E-state index in [1.54, 1.807) is 11.3 Å². The molecule has 1 saturated heterocycles. The van der Waals surface area contributed by atoms with Crippen molar-refractivity contribution in [2.24, 2.45) is 0 Å². The first-order valence-corrected chi connectivity index (χ1v) is 5.87. The Morgan fingerprint density at radius 2 is 2.57 bits per heavy atom. The molecule has 4 heteroatoms. The van der Waals surface area contributed by atoms with Crippen molar-refractivity contribution >= 4 is 16.2 Å². The minimum atomic E-state index is 0.623. The Bertz CT molecular complexity index is 451. The van der Waals surface area contributed by atoms with Gasteiger partial charge in [-0.05, 0) is 19.9 Å². The van der Waals surface area contributed by atoms with Gasteiger partial charge in [-0.15, -0.1) is 11.3 Å². The lowest BCUT2D eigenvalue weighted by atomic mass is 10.1. The summed E-state index contributed by atoms with van der Waals surface area (Å²) < 4.78 is 2.19. The van der Waals surface area contributed by atoms with Gasteiger partial charge in [0.25, 0.3) is 0 Å². The van der Waals surface area contributed by atoms with Crippen molar-refractivity contribution in [1.29, 1.82) is 0 Å². The molecule has 0 bridgehead atoms. The third kappa shape index (κ3) is 1.11. The molecule has 0 saturated carbocycles. The van der Waals surface area contributed by atoms with E-state index < -0.39 is 0 Å². The van der Waals surface area contributed by atoms with E-state index in [1.807, 2.05) is 0 Å². The van der Waals surface area contributed by atoms with Crippen LogP contribution in [-0.4, -0.2) is 22.5 Å². The largest absolute Gasteiger partial charge is 0.316 e. The Balaban J connectivity index is 2.14. The number of aryl methyl sites for hydroxylation is 1. The number of fused-ring (bicyclic) bond motifs is 1. The Hall–Kier alpha value is -0.870. The zero-order valence-corrected chi connectivity index (χ0v) is 8.97. The Kier molecular flexibility index (Phi) is 1.85. The first-order valence-electron chi connectivity index (χ1n) is 4.99. The van der Waals surface area contributed by atoms with Crippen molar-refractivity contribution in [3.8, 4) is 0 Å². The molecular formula is C10H13N3S. The second kappa shape index (κ2) is 3.07. The Morgan fingerprint density at radius 1 is 1.64 bits per heavy atom. The lowest BCUT2D eigenvalue weighted by molar-refractivity contribution is 0.745. The highest BCUT2D eigenvalue weighted by Gasteiger charge is 2.22. The molecule has 0 aliphatic carbocycles. The molecule has 2 aromatic rings. The number of hydrogen-bond acceptors (Lipinski definition) is 3. The van der Waals surface area contributed by atoms with Gasteiger partial charge in [-0.3, -0.25) is 4.40 Å². The number of thiazole rings is 1.